The SMILES string of the molecule is O=C(CN1CCc2sccc2[C@H]1c1cccs1)NCc1ccccc1Cl. The van der Waals surface area contributed by atoms with Gasteiger partial charge in [0.15, 0.2) is 0 Å². The van der Waals surface area contributed by atoms with E-state index in [0.717, 1.165) is 18.5 Å². The molecule has 6 heteroatoms. The zero-order valence-corrected chi connectivity index (χ0v) is 16.5. The number of hydrogen-bond donors (Lipinski definition) is 1. The Bertz CT molecular complexity index is 891. The van der Waals surface area contributed by atoms with Crippen LogP contribution in [0, 0.1) is 0 Å². The van der Waals surface area contributed by atoms with Gasteiger partial charge in [-0.15, -0.1) is 22.7 Å². The van der Waals surface area contributed by atoms with Crippen molar-refractivity contribution in [2.45, 2.75) is 19.0 Å². The van der Waals surface area contributed by atoms with E-state index in [1.54, 1.807) is 11.3 Å². The fraction of sp³-hybridized carbons (Fsp3) is 0.250. The highest BCUT2D eigenvalue weighted by atomic mass is 35.5. The van der Waals surface area contributed by atoms with Crippen LogP contribution >= 0.6 is 34.3 Å². The molecule has 0 radical (unpaired) electrons. The Labute approximate surface area is 166 Å². The molecule has 3 nitrogen and oxygen atoms in total. The zero-order chi connectivity index (χ0) is 17.9. The summed E-state index contributed by atoms with van der Waals surface area (Å²) in [6.07, 6.45) is 1.01. The number of fused-ring (bicyclic) bond motifs is 1. The van der Waals surface area contributed by atoms with Gasteiger partial charge in [0, 0.05) is 27.9 Å². The number of rotatable bonds is 5. The highest BCUT2D eigenvalue weighted by Crippen LogP contribution is 2.39. The van der Waals surface area contributed by atoms with E-state index in [1.165, 1.54) is 15.3 Å². The van der Waals surface area contributed by atoms with Crippen LogP contribution in [0.2, 0.25) is 5.02 Å². The van der Waals surface area contributed by atoms with Crippen LogP contribution in [0.15, 0.2) is 53.2 Å². The Balaban J connectivity index is 1.46. The summed E-state index contributed by atoms with van der Waals surface area (Å²) in [6, 6.07) is 14.2. The molecule has 0 spiro atoms. The molecule has 3 heterocycles. The van der Waals surface area contributed by atoms with Gasteiger partial charge in [-0.3, -0.25) is 9.69 Å². The van der Waals surface area contributed by atoms with E-state index >= 15 is 0 Å². The monoisotopic (exact) mass is 402 g/mol. The van der Waals surface area contributed by atoms with Crippen LogP contribution < -0.4 is 5.32 Å². The van der Waals surface area contributed by atoms with Gasteiger partial charge < -0.3 is 5.32 Å². The van der Waals surface area contributed by atoms with Gasteiger partial charge in [0.05, 0.1) is 12.6 Å². The van der Waals surface area contributed by atoms with Crippen molar-refractivity contribution in [3.8, 4) is 0 Å². The molecule has 1 aliphatic rings. The molecule has 4 rings (SSSR count). The summed E-state index contributed by atoms with van der Waals surface area (Å²) in [4.78, 5) is 17.6. The number of amides is 1. The first kappa shape index (κ1) is 17.7. The molecule has 0 unspecified atom stereocenters. The average Bonchev–Trinajstić information content (AvgIpc) is 3.32. The summed E-state index contributed by atoms with van der Waals surface area (Å²) in [7, 11) is 0. The molecule has 0 fully saturated rings. The number of carbonyl (C=O) groups is 1. The summed E-state index contributed by atoms with van der Waals surface area (Å²) < 4.78 is 0. The zero-order valence-electron chi connectivity index (χ0n) is 14.2. The minimum absolute atomic E-state index is 0.0326. The fourth-order valence-electron chi connectivity index (χ4n) is 3.39. The lowest BCUT2D eigenvalue weighted by molar-refractivity contribution is -0.122. The molecule has 0 saturated carbocycles. The summed E-state index contributed by atoms with van der Waals surface area (Å²) >= 11 is 9.75. The van der Waals surface area contributed by atoms with E-state index in [0.29, 0.717) is 18.1 Å². The van der Waals surface area contributed by atoms with Crippen LogP contribution in [0.5, 0.6) is 0 Å². The maximum atomic E-state index is 12.6. The summed E-state index contributed by atoms with van der Waals surface area (Å²) in [5, 5.41) is 7.96. The second-order valence-corrected chi connectivity index (χ2v) is 8.69. The van der Waals surface area contributed by atoms with Crippen molar-refractivity contribution < 1.29 is 4.79 Å². The molecule has 0 aliphatic carbocycles. The molecule has 3 aromatic rings. The molecule has 1 amide bonds. The Kier molecular flexibility index (Phi) is 5.41. The molecule has 1 atom stereocenters. The van der Waals surface area contributed by atoms with Crippen LogP contribution in [0.1, 0.15) is 26.9 Å². The third-order valence-corrected chi connectivity index (χ3v) is 6.95. The van der Waals surface area contributed by atoms with E-state index in [-0.39, 0.29) is 11.9 Å². The lowest BCUT2D eigenvalue weighted by atomic mass is 9.98. The van der Waals surface area contributed by atoms with Crippen molar-refractivity contribution in [2.75, 3.05) is 13.1 Å². The predicted molar refractivity (Wildman–Crippen MR) is 109 cm³/mol. The fourth-order valence-corrected chi connectivity index (χ4v) is 5.38. The number of nitrogens with one attached hydrogen (secondary N) is 1. The molecule has 134 valence electrons. The molecule has 0 saturated heterocycles. The first-order valence-corrected chi connectivity index (χ1v) is 10.7. The van der Waals surface area contributed by atoms with Crippen molar-refractivity contribution in [1.82, 2.24) is 10.2 Å². The van der Waals surface area contributed by atoms with E-state index in [9.17, 15) is 4.79 Å². The van der Waals surface area contributed by atoms with E-state index in [1.807, 2.05) is 35.6 Å². The first-order valence-electron chi connectivity index (χ1n) is 8.56. The normalized spacial score (nSPS) is 17.0. The summed E-state index contributed by atoms with van der Waals surface area (Å²) in [6.45, 7) is 1.75. The number of benzene rings is 1. The van der Waals surface area contributed by atoms with Crippen molar-refractivity contribution in [3.05, 3.63) is 79.1 Å². The Hall–Kier alpha value is -1.66. The molecule has 1 aromatic carbocycles. The quantitative estimate of drug-likeness (QED) is 0.669. The van der Waals surface area contributed by atoms with Crippen LogP contribution in [0.25, 0.3) is 0 Å². The van der Waals surface area contributed by atoms with Gasteiger partial charge in [-0.2, -0.15) is 0 Å². The van der Waals surface area contributed by atoms with Gasteiger partial charge in [0.25, 0.3) is 0 Å². The second-order valence-electron chi connectivity index (χ2n) is 6.31. The van der Waals surface area contributed by atoms with E-state index in [4.69, 9.17) is 11.6 Å². The maximum Gasteiger partial charge on any atom is 0.234 e. The largest absolute Gasteiger partial charge is 0.351 e. The number of carbonyl (C=O) groups excluding carboxylic acids is 1. The van der Waals surface area contributed by atoms with Crippen molar-refractivity contribution in [2.24, 2.45) is 0 Å². The number of hydrogen-bond acceptors (Lipinski definition) is 4. The number of thiophene rings is 2. The minimum Gasteiger partial charge on any atom is -0.351 e. The molecule has 26 heavy (non-hydrogen) atoms. The number of nitrogens with zero attached hydrogens (tertiary/aromatic N) is 1. The van der Waals surface area contributed by atoms with Crippen LogP contribution in [0.3, 0.4) is 0 Å². The minimum atomic E-state index is 0.0326. The van der Waals surface area contributed by atoms with Crippen molar-refractivity contribution in [1.29, 1.82) is 0 Å². The summed E-state index contributed by atoms with van der Waals surface area (Å²) in [5.74, 6) is 0.0326. The van der Waals surface area contributed by atoms with Gasteiger partial charge >= 0.3 is 0 Å². The maximum absolute atomic E-state index is 12.6. The van der Waals surface area contributed by atoms with Crippen LogP contribution in [-0.2, 0) is 17.8 Å². The molecule has 2 aromatic heterocycles. The summed E-state index contributed by atoms with van der Waals surface area (Å²) in [5.41, 5.74) is 2.29. The molecular formula is C20H19ClN2OS2. The lowest BCUT2D eigenvalue weighted by Gasteiger charge is -2.34. The molecule has 0 bridgehead atoms. The first-order chi connectivity index (χ1) is 12.7. The van der Waals surface area contributed by atoms with Gasteiger partial charge in [-0.05, 0) is 46.5 Å². The van der Waals surface area contributed by atoms with Crippen LogP contribution in [-0.4, -0.2) is 23.9 Å². The highest BCUT2D eigenvalue weighted by Gasteiger charge is 2.31. The van der Waals surface area contributed by atoms with Gasteiger partial charge in [0.1, 0.15) is 0 Å². The third kappa shape index (κ3) is 3.71. The average molecular weight is 403 g/mol. The van der Waals surface area contributed by atoms with Crippen molar-refractivity contribution >= 4 is 40.2 Å². The Morgan fingerprint density at radius 2 is 2.04 bits per heavy atom. The Morgan fingerprint density at radius 1 is 1.15 bits per heavy atom. The van der Waals surface area contributed by atoms with Gasteiger partial charge in [-0.1, -0.05) is 35.9 Å². The molecule has 1 N–H and O–H groups in total. The third-order valence-electron chi connectivity index (χ3n) is 4.66. The predicted octanol–water partition coefficient (Wildman–Crippen LogP) is 4.73. The smallest absolute Gasteiger partial charge is 0.234 e. The van der Waals surface area contributed by atoms with Gasteiger partial charge in [0.2, 0.25) is 5.91 Å². The van der Waals surface area contributed by atoms with E-state index < -0.39 is 0 Å². The lowest BCUT2D eigenvalue weighted by Crippen LogP contribution is -2.42. The van der Waals surface area contributed by atoms with Crippen LogP contribution in [0.4, 0.5) is 0 Å². The second kappa shape index (κ2) is 7.92. The molecule has 1 aliphatic heterocycles. The van der Waals surface area contributed by atoms with E-state index in [2.05, 4.69) is 39.2 Å². The topological polar surface area (TPSA) is 32.3 Å². The van der Waals surface area contributed by atoms with Gasteiger partial charge in [-0.25, -0.2) is 0 Å². The highest BCUT2D eigenvalue weighted by molar-refractivity contribution is 7.10. The standard InChI is InChI=1S/C20H19ClN2OS2/c21-16-5-2-1-4-14(16)12-22-19(24)13-23-9-7-17-15(8-11-26-17)20(23)18-6-3-10-25-18/h1-6,8,10-11,20H,7,9,12-13H2,(H,22,24)/t20-/m0/s1. The van der Waals surface area contributed by atoms with Crippen molar-refractivity contribution in [3.63, 3.8) is 0 Å². The Morgan fingerprint density at radius 3 is 2.85 bits per heavy atom. The number of halogens is 1. The molecular weight excluding hydrogens is 384 g/mol.